The highest BCUT2D eigenvalue weighted by atomic mass is 32.2. The minimum atomic E-state index is -4.71. The van der Waals surface area contributed by atoms with Gasteiger partial charge in [-0.25, -0.2) is 30.0 Å². The van der Waals surface area contributed by atoms with Crippen molar-refractivity contribution < 1.29 is 25.9 Å². The lowest BCUT2D eigenvalue weighted by atomic mass is 10.1. The molecule has 6 rings (SSSR count). The zero-order chi connectivity index (χ0) is 35.1. The molecular weight excluding hydrogens is 685 g/mol. The van der Waals surface area contributed by atoms with E-state index < -0.39 is 20.6 Å². The van der Waals surface area contributed by atoms with Gasteiger partial charge in [-0.15, -0.1) is 0 Å². The van der Waals surface area contributed by atoms with E-state index in [1.165, 1.54) is 47.0 Å². The molecule has 0 atom stereocenters. The van der Waals surface area contributed by atoms with Crippen molar-refractivity contribution in [3.63, 3.8) is 0 Å². The van der Waals surface area contributed by atoms with E-state index in [-0.39, 0.29) is 36.6 Å². The van der Waals surface area contributed by atoms with Gasteiger partial charge in [0.2, 0.25) is 11.9 Å². The lowest BCUT2D eigenvalue weighted by Crippen LogP contribution is -2.54. The fourth-order valence-electron chi connectivity index (χ4n) is 4.85. The molecular formula is C32H30N10O6S2. The molecule has 0 unspecified atom stereocenters. The van der Waals surface area contributed by atoms with E-state index in [0.29, 0.717) is 11.4 Å². The molecule has 2 heterocycles. The SMILES string of the molecule is O=S(=O)(O)N(c1ccccc1)N1CNC=NC1=Nc1ccc(C=Cc2ccc(N=C3N=CNCN3N(c3ccccc3)S(=O)(=O)O)cc2)cc1. The third-order valence-electron chi connectivity index (χ3n) is 7.03. The summed E-state index contributed by atoms with van der Waals surface area (Å²) in [6.45, 7) is -0.0226. The Morgan fingerprint density at radius 3 is 1.28 bits per heavy atom. The fraction of sp³-hybridized carbons (Fsp3) is 0.0625. The van der Waals surface area contributed by atoms with Crippen LogP contribution in [0.15, 0.2) is 129 Å². The third-order valence-corrected chi connectivity index (χ3v) is 8.72. The maximum atomic E-state index is 12.3. The lowest BCUT2D eigenvalue weighted by molar-refractivity contribution is 0.383. The Morgan fingerprint density at radius 1 is 0.580 bits per heavy atom. The summed E-state index contributed by atoms with van der Waals surface area (Å²) < 4.78 is 70.8. The summed E-state index contributed by atoms with van der Waals surface area (Å²) in [7, 11) is -9.42. The Morgan fingerprint density at radius 2 is 0.940 bits per heavy atom. The predicted molar refractivity (Wildman–Crippen MR) is 194 cm³/mol. The Balaban J connectivity index is 1.17. The molecule has 0 amide bonds. The van der Waals surface area contributed by atoms with Crippen molar-refractivity contribution in [2.24, 2.45) is 20.0 Å². The molecule has 4 N–H and O–H groups in total. The fourth-order valence-corrected chi connectivity index (χ4v) is 6.38. The molecule has 4 aromatic rings. The number of nitrogens with one attached hydrogen (secondary N) is 2. The van der Waals surface area contributed by atoms with Crippen LogP contribution in [0.25, 0.3) is 12.2 Å². The molecule has 16 nitrogen and oxygen atoms in total. The van der Waals surface area contributed by atoms with Gasteiger partial charge in [0.15, 0.2) is 0 Å². The molecule has 50 heavy (non-hydrogen) atoms. The summed E-state index contributed by atoms with van der Waals surface area (Å²) in [4.78, 5) is 17.4. The van der Waals surface area contributed by atoms with Crippen molar-refractivity contribution in [3.8, 4) is 0 Å². The van der Waals surface area contributed by atoms with Gasteiger partial charge >= 0.3 is 20.6 Å². The minimum absolute atomic E-state index is 0.0113. The summed E-state index contributed by atoms with van der Waals surface area (Å²) in [6.07, 6.45) is 6.58. The van der Waals surface area contributed by atoms with Gasteiger partial charge in [-0.3, -0.25) is 9.11 Å². The highest BCUT2D eigenvalue weighted by Gasteiger charge is 2.32. The van der Waals surface area contributed by atoms with Gasteiger partial charge in [0.25, 0.3) is 0 Å². The third kappa shape index (κ3) is 8.13. The Kier molecular flexibility index (Phi) is 9.86. The summed E-state index contributed by atoms with van der Waals surface area (Å²) >= 11 is 0. The quantitative estimate of drug-likeness (QED) is 0.137. The van der Waals surface area contributed by atoms with Crippen molar-refractivity contribution >= 4 is 80.1 Å². The second-order valence-electron chi connectivity index (χ2n) is 10.5. The molecule has 0 spiro atoms. The molecule has 0 aromatic heterocycles. The van der Waals surface area contributed by atoms with E-state index in [2.05, 4.69) is 30.6 Å². The molecule has 0 saturated carbocycles. The molecule has 2 aliphatic rings. The van der Waals surface area contributed by atoms with Crippen LogP contribution < -0.4 is 19.5 Å². The lowest BCUT2D eigenvalue weighted by Gasteiger charge is -2.35. The number of anilines is 2. The summed E-state index contributed by atoms with van der Waals surface area (Å²) in [5, 5.41) is 8.07. The number of nitrogens with zero attached hydrogens (tertiary/aromatic N) is 8. The first kappa shape index (κ1) is 33.8. The maximum absolute atomic E-state index is 12.3. The van der Waals surface area contributed by atoms with Crippen molar-refractivity contribution in [1.82, 2.24) is 20.7 Å². The second-order valence-corrected chi connectivity index (χ2v) is 13.0. The zero-order valence-corrected chi connectivity index (χ0v) is 27.7. The van der Waals surface area contributed by atoms with E-state index >= 15 is 0 Å². The van der Waals surface area contributed by atoms with Crippen LogP contribution >= 0.6 is 0 Å². The van der Waals surface area contributed by atoms with Crippen LogP contribution in [0, 0.1) is 0 Å². The van der Waals surface area contributed by atoms with Crippen LogP contribution in [0.2, 0.25) is 0 Å². The molecule has 256 valence electrons. The Bertz CT molecular complexity index is 2020. The van der Waals surface area contributed by atoms with Gasteiger partial charge < -0.3 is 10.6 Å². The predicted octanol–water partition coefficient (Wildman–Crippen LogP) is 4.06. The molecule has 2 aliphatic heterocycles. The van der Waals surface area contributed by atoms with Crippen LogP contribution in [0.5, 0.6) is 0 Å². The highest BCUT2D eigenvalue weighted by Crippen LogP contribution is 2.25. The number of para-hydroxylation sites is 2. The van der Waals surface area contributed by atoms with Gasteiger partial charge in [0.05, 0.1) is 35.4 Å². The zero-order valence-electron chi connectivity index (χ0n) is 26.0. The molecule has 18 heteroatoms. The number of aliphatic imine (C=N–C) groups is 4. The molecule has 0 bridgehead atoms. The van der Waals surface area contributed by atoms with E-state index in [4.69, 9.17) is 0 Å². The van der Waals surface area contributed by atoms with E-state index in [1.807, 2.05) is 36.4 Å². The summed E-state index contributed by atoms with van der Waals surface area (Å²) in [5.74, 6) is 0.0856. The van der Waals surface area contributed by atoms with Crippen LogP contribution in [0.1, 0.15) is 11.1 Å². The molecule has 4 aromatic carbocycles. The number of rotatable bonds is 10. The molecule has 0 aliphatic carbocycles. The molecule has 0 saturated heterocycles. The number of hydrogen-bond acceptors (Lipinski definition) is 8. The molecule has 0 radical (unpaired) electrons. The Hall–Kier alpha value is -6.08. The van der Waals surface area contributed by atoms with Gasteiger partial charge in [0.1, 0.15) is 13.3 Å². The summed E-state index contributed by atoms with van der Waals surface area (Å²) in [6, 6.07) is 30.5. The van der Waals surface area contributed by atoms with Crippen LogP contribution in [-0.4, -0.2) is 73.9 Å². The topological polar surface area (TPSA) is 195 Å². The van der Waals surface area contributed by atoms with E-state index in [9.17, 15) is 25.9 Å². The van der Waals surface area contributed by atoms with Gasteiger partial charge in [-0.05, 0) is 59.7 Å². The monoisotopic (exact) mass is 714 g/mol. The first-order valence-corrected chi connectivity index (χ1v) is 17.6. The van der Waals surface area contributed by atoms with Gasteiger partial charge in [-0.2, -0.15) is 25.7 Å². The average molecular weight is 715 g/mol. The smallest absolute Gasteiger partial charge is 0.357 e. The largest absolute Gasteiger partial charge is 0.378 e. The maximum Gasteiger partial charge on any atom is 0.378 e. The van der Waals surface area contributed by atoms with Crippen molar-refractivity contribution in [1.29, 1.82) is 0 Å². The molecule has 0 fully saturated rings. The summed E-state index contributed by atoms with van der Waals surface area (Å²) in [5.41, 5.74) is 3.13. The normalized spacial score (nSPS) is 16.4. The van der Waals surface area contributed by atoms with Crippen molar-refractivity contribution in [2.45, 2.75) is 0 Å². The first-order chi connectivity index (χ1) is 24.1. The Labute approximate surface area is 288 Å². The highest BCUT2D eigenvalue weighted by molar-refractivity contribution is 7.87. The minimum Gasteiger partial charge on any atom is -0.357 e. The van der Waals surface area contributed by atoms with E-state index in [1.54, 1.807) is 60.7 Å². The van der Waals surface area contributed by atoms with Crippen LogP contribution in [-0.2, 0) is 20.6 Å². The number of guanidine groups is 2. The average Bonchev–Trinajstić information content (AvgIpc) is 3.10. The standard InChI is InChI=1S/C32H30N10O6S2/c43-49(44,45)41(29-7-3-1-4-8-29)39-23-33-21-35-31(39)37-27-17-13-25(14-18-27)11-12-26-15-19-28(20-16-26)38-32-36-22-34-24-40(32)42(50(46,47)48)30-9-5-2-6-10-30/h1-22H,23-24H2,(H,33,35,37)(H,34,36,38)(H,43,44,45)(H,46,47,48). The first-order valence-electron chi connectivity index (χ1n) is 14.8. The van der Waals surface area contributed by atoms with Crippen LogP contribution in [0.3, 0.4) is 0 Å². The van der Waals surface area contributed by atoms with Crippen LogP contribution in [0.4, 0.5) is 22.7 Å². The van der Waals surface area contributed by atoms with Gasteiger partial charge in [-0.1, -0.05) is 72.8 Å². The van der Waals surface area contributed by atoms with Crippen molar-refractivity contribution in [2.75, 3.05) is 22.2 Å². The number of hydrazine groups is 2. The number of benzene rings is 4. The van der Waals surface area contributed by atoms with Gasteiger partial charge in [0, 0.05) is 0 Å². The second kappa shape index (κ2) is 14.6. The van der Waals surface area contributed by atoms with Crippen molar-refractivity contribution in [3.05, 3.63) is 120 Å². The number of hydrogen-bond donors (Lipinski definition) is 4. The van der Waals surface area contributed by atoms with E-state index in [0.717, 1.165) is 20.0 Å².